The average Bonchev–Trinajstić information content (AvgIpc) is 3.11. The Morgan fingerprint density at radius 2 is 2.15 bits per heavy atom. The molecule has 0 saturated carbocycles. The normalized spacial score (nSPS) is 18.2. The Bertz CT molecular complexity index is 525. The van der Waals surface area contributed by atoms with E-state index in [-0.39, 0.29) is 12.4 Å². The molecule has 1 aliphatic rings. The van der Waals surface area contributed by atoms with Gasteiger partial charge in [0.2, 0.25) is 0 Å². The van der Waals surface area contributed by atoms with Crippen LogP contribution in [0.1, 0.15) is 12.2 Å². The van der Waals surface area contributed by atoms with Crippen LogP contribution in [0.3, 0.4) is 0 Å². The zero-order chi connectivity index (χ0) is 13.1. The fraction of sp³-hybridized carbons (Fsp3) is 0.429. The molecule has 6 heteroatoms. The fourth-order valence-electron chi connectivity index (χ4n) is 2.38. The molecule has 5 nitrogen and oxygen atoms in total. The molecule has 20 heavy (non-hydrogen) atoms. The monoisotopic (exact) mass is 294 g/mol. The van der Waals surface area contributed by atoms with Gasteiger partial charge in [0.05, 0.1) is 6.54 Å². The van der Waals surface area contributed by atoms with Crippen molar-refractivity contribution >= 4 is 12.4 Å². The number of nitrogens with one attached hydrogen (secondary N) is 1. The zero-order valence-corrected chi connectivity index (χ0v) is 12.3. The van der Waals surface area contributed by atoms with Crippen LogP contribution in [0.25, 0.3) is 11.5 Å². The van der Waals surface area contributed by atoms with Crippen LogP contribution in [-0.2, 0) is 6.54 Å². The highest BCUT2D eigenvalue weighted by molar-refractivity contribution is 5.85. The maximum Gasteiger partial charge on any atom is 0.257 e. The van der Waals surface area contributed by atoms with Crippen molar-refractivity contribution in [3.05, 3.63) is 36.2 Å². The molecule has 1 saturated heterocycles. The molecule has 2 heterocycles. The molecule has 0 amide bonds. The largest absolute Gasteiger partial charge is 0.334 e. The summed E-state index contributed by atoms with van der Waals surface area (Å²) >= 11 is 0. The standard InChI is InChI=1S/C14H18N4O.ClH/c1-18(12-7-8-15-9-12)10-13-16-14(19-17-13)11-5-3-2-4-6-11;/h2-6,12,15H,7-10H2,1H3;1H. The molecule has 1 unspecified atom stereocenters. The van der Waals surface area contributed by atoms with Gasteiger partial charge in [-0.05, 0) is 32.1 Å². The Balaban J connectivity index is 0.00000147. The van der Waals surface area contributed by atoms with Gasteiger partial charge in [-0.25, -0.2) is 0 Å². The fourth-order valence-corrected chi connectivity index (χ4v) is 2.38. The number of halogens is 1. The van der Waals surface area contributed by atoms with Crippen LogP contribution < -0.4 is 5.32 Å². The van der Waals surface area contributed by atoms with E-state index in [2.05, 4.69) is 27.4 Å². The van der Waals surface area contributed by atoms with Crippen LogP contribution in [0.2, 0.25) is 0 Å². The molecule has 0 radical (unpaired) electrons. The van der Waals surface area contributed by atoms with Gasteiger partial charge >= 0.3 is 0 Å². The second-order valence-corrected chi connectivity index (χ2v) is 4.94. The van der Waals surface area contributed by atoms with Gasteiger partial charge in [0, 0.05) is 18.2 Å². The molecule has 1 aliphatic heterocycles. The van der Waals surface area contributed by atoms with Crippen molar-refractivity contribution in [1.82, 2.24) is 20.4 Å². The van der Waals surface area contributed by atoms with Crippen molar-refractivity contribution in [3.8, 4) is 11.5 Å². The van der Waals surface area contributed by atoms with Crippen molar-refractivity contribution in [2.75, 3.05) is 20.1 Å². The summed E-state index contributed by atoms with van der Waals surface area (Å²) in [5, 5.41) is 7.42. The van der Waals surface area contributed by atoms with Gasteiger partial charge < -0.3 is 9.84 Å². The molecule has 2 aromatic rings. The summed E-state index contributed by atoms with van der Waals surface area (Å²) in [5.41, 5.74) is 0.964. The highest BCUT2D eigenvalue weighted by Gasteiger charge is 2.20. The van der Waals surface area contributed by atoms with E-state index >= 15 is 0 Å². The first-order valence-corrected chi connectivity index (χ1v) is 6.62. The summed E-state index contributed by atoms with van der Waals surface area (Å²) in [7, 11) is 2.11. The minimum atomic E-state index is 0. The van der Waals surface area contributed by atoms with E-state index in [1.807, 2.05) is 30.3 Å². The van der Waals surface area contributed by atoms with E-state index in [1.165, 1.54) is 6.42 Å². The summed E-state index contributed by atoms with van der Waals surface area (Å²) < 4.78 is 5.31. The zero-order valence-electron chi connectivity index (χ0n) is 11.5. The SMILES string of the molecule is CN(Cc1noc(-c2ccccc2)n1)C1CCNC1.Cl. The Hall–Kier alpha value is -1.43. The van der Waals surface area contributed by atoms with Crippen LogP contribution in [-0.4, -0.2) is 41.2 Å². The van der Waals surface area contributed by atoms with Crippen LogP contribution >= 0.6 is 12.4 Å². The van der Waals surface area contributed by atoms with E-state index in [1.54, 1.807) is 0 Å². The lowest BCUT2D eigenvalue weighted by Gasteiger charge is -2.21. The summed E-state index contributed by atoms with van der Waals surface area (Å²) in [6.45, 7) is 2.86. The van der Waals surface area contributed by atoms with Crippen LogP contribution in [0, 0.1) is 0 Å². The number of hydrogen-bond donors (Lipinski definition) is 1. The van der Waals surface area contributed by atoms with Gasteiger partial charge in [-0.3, -0.25) is 4.90 Å². The third-order valence-electron chi connectivity index (χ3n) is 3.54. The van der Waals surface area contributed by atoms with Gasteiger partial charge in [0.25, 0.3) is 5.89 Å². The lowest BCUT2D eigenvalue weighted by molar-refractivity contribution is 0.239. The second kappa shape index (κ2) is 6.83. The van der Waals surface area contributed by atoms with Crippen LogP contribution in [0.5, 0.6) is 0 Å². The topological polar surface area (TPSA) is 54.2 Å². The number of benzene rings is 1. The highest BCUT2D eigenvalue weighted by atomic mass is 35.5. The predicted octanol–water partition coefficient (Wildman–Crippen LogP) is 1.95. The van der Waals surface area contributed by atoms with Crippen molar-refractivity contribution < 1.29 is 4.52 Å². The summed E-state index contributed by atoms with van der Waals surface area (Å²) in [5.74, 6) is 1.34. The molecule has 0 bridgehead atoms. The molecule has 0 aliphatic carbocycles. The van der Waals surface area contributed by atoms with Gasteiger partial charge in [0.1, 0.15) is 0 Å². The molecule has 0 spiro atoms. The van der Waals surface area contributed by atoms with Crippen LogP contribution in [0.15, 0.2) is 34.9 Å². The number of likely N-dealkylation sites (N-methyl/N-ethyl adjacent to an activating group) is 1. The van der Waals surface area contributed by atoms with Gasteiger partial charge in [-0.1, -0.05) is 23.4 Å². The Morgan fingerprint density at radius 1 is 1.35 bits per heavy atom. The van der Waals surface area contributed by atoms with E-state index in [4.69, 9.17) is 4.52 Å². The first-order chi connectivity index (χ1) is 9.33. The summed E-state index contributed by atoms with van der Waals surface area (Å²) in [4.78, 5) is 6.73. The predicted molar refractivity (Wildman–Crippen MR) is 79.7 cm³/mol. The third kappa shape index (κ3) is 3.36. The second-order valence-electron chi connectivity index (χ2n) is 4.94. The lowest BCUT2D eigenvalue weighted by atomic mass is 10.2. The van der Waals surface area contributed by atoms with E-state index < -0.39 is 0 Å². The summed E-state index contributed by atoms with van der Waals surface area (Å²) in [6, 6.07) is 10.4. The minimum absolute atomic E-state index is 0. The molecule has 108 valence electrons. The molecule has 3 rings (SSSR count). The summed E-state index contributed by atoms with van der Waals surface area (Å²) in [6.07, 6.45) is 1.18. The molecule has 1 N–H and O–H groups in total. The molecule has 1 fully saturated rings. The van der Waals surface area contributed by atoms with E-state index in [0.29, 0.717) is 11.9 Å². The molecule has 1 aromatic heterocycles. The third-order valence-corrected chi connectivity index (χ3v) is 3.54. The van der Waals surface area contributed by atoms with Crippen LogP contribution in [0.4, 0.5) is 0 Å². The number of rotatable bonds is 4. The maximum atomic E-state index is 5.31. The molecule has 1 atom stereocenters. The molecular weight excluding hydrogens is 276 g/mol. The van der Waals surface area contributed by atoms with Crippen molar-refractivity contribution in [2.24, 2.45) is 0 Å². The minimum Gasteiger partial charge on any atom is -0.334 e. The van der Waals surface area contributed by atoms with Gasteiger partial charge in [0.15, 0.2) is 5.82 Å². The number of nitrogens with zero attached hydrogens (tertiary/aromatic N) is 3. The van der Waals surface area contributed by atoms with E-state index in [0.717, 1.165) is 31.0 Å². The Morgan fingerprint density at radius 3 is 2.85 bits per heavy atom. The number of hydrogen-bond acceptors (Lipinski definition) is 5. The van der Waals surface area contributed by atoms with Gasteiger partial charge in [-0.2, -0.15) is 4.98 Å². The smallest absolute Gasteiger partial charge is 0.257 e. The van der Waals surface area contributed by atoms with E-state index in [9.17, 15) is 0 Å². The highest BCUT2D eigenvalue weighted by Crippen LogP contribution is 2.17. The number of aromatic nitrogens is 2. The molecular formula is C14H19ClN4O. The maximum absolute atomic E-state index is 5.31. The van der Waals surface area contributed by atoms with Crippen molar-refractivity contribution in [2.45, 2.75) is 19.0 Å². The average molecular weight is 295 g/mol. The van der Waals surface area contributed by atoms with Crippen molar-refractivity contribution in [3.63, 3.8) is 0 Å². The lowest BCUT2D eigenvalue weighted by Crippen LogP contribution is -2.33. The molecule has 1 aromatic carbocycles. The van der Waals surface area contributed by atoms with Gasteiger partial charge in [-0.15, -0.1) is 12.4 Å². The Labute approximate surface area is 124 Å². The first kappa shape index (κ1) is 15.0. The quantitative estimate of drug-likeness (QED) is 0.934. The Kier molecular flexibility index (Phi) is 5.11. The first-order valence-electron chi connectivity index (χ1n) is 6.62. The van der Waals surface area contributed by atoms with Crippen molar-refractivity contribution in [1.29, 1.82) is 0 Å².